The Morgan fingerprint density at radius 1 is 1.35 bits per heavy atom. The number of anilines is 1. The van der Waals surface area contributed by atoms with E-state index in [9.17, 15) is 14.7 Å². The molecule has 1 N–H and O–H groups in total. The van der Waals surface area contributed by atoms with Crippen LogP contribution >= 0.6 is 0 Å². The van der Waals surface area contributed by atoms with Crippen molar-refractivity contribution in [1.29, 1.82) is 0 Å². The highest BCUT2D eigenvalue weighted by molar-refractivity contribution is 6.03. The van der Waals surface area contributed by atoms with Gasteiger partial charge in [0.15, 0.2) is 0 Å². The maximum Gasteiger partial charge on any atom is 0.343 e. The van der Waals surface area contributed by atoms with Crippen LogP contribution in [0.2, 0.25) is 0 Å². The van der Waals surface area contributed by atoms with Crippen LogP contribution < -0.4 is 10.5 Å². The number of rotatable bonds is 2. The van der Waals surface area contributed by atoms with Gasteiger partial charge in [0.2, 0.25) is 0 Å². The number of aromatic nitrogens is 2. The Balaban J connectivity index is 2.44. The summed E-state index contributed by atoms with van der Waals surface area (Å²) in [6, 6.07) is 3.58. The smallest absolute Gasteiger partial charge is 0.343 e. The summed E-state index contributed by atoms with van der Waals surface area (Å²) in [5.74, 6) is -1.18. The van der Waals surface area contributed by atoms with Crippen molar-refractivity contribution in [2.24, 2.45) is 7.05 Å². The van der Waals surface area contributed by atoms with Crippen molar-refractivity contribution in [3.63, 3.8) is 0 Å². The highest BCUT2D eigenvalue weighted by Crippen LogP contribution is 2.30. The minimum Gasteiger partial charge on any atom is -0.477 e. The zero-order valence-corrected chi connectivity index (χ0v) is 11.2. The number of aromatic carboxylic acids is 1. The van der Waals surface area contributed by atoms with E-state index < -0.39 is 11.5 Å². The van der Waals surface area contributed by atoms with E-state index in [2.05, 4.69) is 4.98 Å². The molecule has 6 heteroatoms. The quantitative estimate of drug-likeness (QED) is 0.890. The number of hydrogen-bond donors (Lipinski definition) is 1. The zero-order valence-electron chi connectivity index (χ0n) is 11.2. The van der Waals surface area contributed by atoms with Crippen molar-refractivity contribution < 1.29 is 9.90 Å². The lowest BCUT2D eigenvalue weighted by molar-refractivity contribution is 0.0695. The highest BCUT2D eigenvalue weighted by atomic mass is 16.4. The first-order chi connectivity index (χ1) is 9.61. The van der Waals surface area contributed by atoms with Gasteiger partial charge in [0.25, 0.3) is 5.56 Å². The lowest BCUT2D eigenvalue weighted by Crippen LogP contribution is -2.31. The molecule has 0 atom stereocenters. The predicted octanol–water partition coefficient (Wildman–Crippen LogP) is 1.23. The van der Waals surface area contributed by atoms with Crippen molar-refractivity contribution in [3.05, 3.63) is 34.2 Å². The molecule has 0 radical (unpaired) electrons. The van der Waals surface area contributed by atoms with E-state index in [0.29, 0.717) is 16.7 Å². The van der Waals surface area contributed by atoms with Gasteiger partial charge in [-0.25, -0.2) is 9.78 Å². The first-order valence-electron chi connectivity index (χ1n) is 6.57. The molecule has 0 aliphatic carbocycles. The van der Waals surface area contributed by atoms with Gasteiger partial charge in [-0.1, -0.05) is 0 Å². The molecule has 20 heavy (non-hydrogen) atoms. The largest absolute Gasteiger partial charge is 0.477 e. The van der Waals surface area contributed by atoms with Crippen molar-refractivity contribution in [2.75, 3.05) is 18.0 Å². The second-order valence-electron chi connectivity index (χ2n) is 4.96. The van der Waals surface area contributed by atoms with Gasteiger partial charge in [0.05, 0.1) is 5.69 Å². The first kappa shape index (κ1) is 12.7. The van der Waals surface area contributed by atoms with E-state index in [1.807, 2.05) is 11.0 Å². The highest BCUT2D eigenvalue weighted by Gasteiger charge is 2.26. The molecule has 3 rings (SSSR count). The van der Waals surface area contributed by atoms with E-state index in [1.54, 1.807) is 19.3 Å². The van der Waals surface area contributed by atoms with Crippen LogP contribution in [0, 0.1) is 0 Å². The average Bonchev–Trinajstić information content (AvgIpc) is 2.96. The number of fused-ring (bicyclic) bond motifs is 1. The van der Waals surface area contributed by atoms with Crippen LogP contribution in [0.5, 0.6) is 0 Å². The monoisotopic (exact) mass is 273 g/mol. The summed E-state index contributed by atoms with van der Waals surface area (Å²) in [4.78, 5) is 30.1. The third-order valence-corrected chi connectivity index (χ3v) is 3.75. The fourth-order valence-electron chi connectivity index (χ4n) is 2.81. The fourth-order valence-corrected chi connectivity index (χ4v) is 2.81. The number of carboxylic acid groups (broad SMARTS) is 1. The second kappa shape index (κ2) is 4.63. The van der Waals surface area contributed by atoms with Gasteiger partial charge in [-0.05, 0) is 25.0 Å². The molecule has 2 aromatic heterocycles. The molecule has 2 aromatic rings. The van der Waals surface area contributed by atoms with Gasteiger partial charge in [-0.2, -0.15) is 0 Å². The molecule has 0 saturated carbocycles. The van der Waals surface area contributed by atoms with Crippen LogP contribution in [-0.4, -0.2) is 33.7 Å². The molecule has 6 nitrogen and oxygen atoms in total. The van der Waals surface area contributed by atoms with Crippen LogP contribution in [-0.2, 0) is 7.05 Å². The molecule has 1 aliphatic heterocycles. The number of aryl methyl sites for hydroxylation is 1. The average molecular weight is 273 g/mol. The number of carboxylic acids is 1. The topological polar surface area (TPSA) is 75.4 Å². The minimum atomic E-state index is -1.18. The van der Waals surface area contributed by atoms with Gasteiger partial charge in [-0.15, -0.1) is 0 Å². The van der Waals surface area contributed by atoms with E-state index in [1.165, 1.54) is 4.57 Å². The van der Waals surface area contributed by atoms with Crippen molar-refractivity contribution in [3.8, 4) is 0 Å². The Labute approximate surface area is 115 Å². The molecule has 3 heterocycles. The van der Waals surface area contributed by atoms with E-state index in [-0.39, 0.29) is 5.56 Å². The fraction of sp³-hybridized carbons (Fsp3) is 0.357. The molecular weight excluding hydrogens is 258 g/mol. The molecule has 1 fully saturated rings. The molecule has 104 valence electrons. The van der Waals surface area contributed by atoms with Crippen molar-refractivity contribution >= 4 is 22.7 Å². The van der Waals surface area contributed by atoms with Crippen molar-refractivity contribution in [2.45, 2.75) is 12.8 Å². The van der Waals surface area contributed by atoms with Crippen molar-refractivity contribution in [1.82, 2.24) is 9.55 Å². The second-order valence-corrected chi connectivity index (χ2v) is 4.96. The summed E-state index contributed by atoms with van der Waals surface area (Å²) < 4.78 is 1.30. The van der Waals surface area contributed by atoms with Crippen LogP contribution in [0.25, 0.3) is 11.0 Å². The first-order valence-corrected chi connectivity index (χ1v) is 6.57. The number of nitrogens with zero attached hydrogens (tertiary/aromatic N) is 3. The standard InChI is InChI=1S/C14H15N3O3/c1-16-12-9(5-4-6-15-12)11(17-7-2-3-8-17)10(13(16)18)14(19)20/h4-6H,2-3,7-8H2,1H3,(H,19,20). The molecule has 1 aliphatic rings. The molecular formula is C14H15N3O3. The van der Waals surface area contributed by atoms with Crippen LogP contribution in [0.3, 0.4) is 0 Å². The number of pyridine rings is 2. The Bertz CT molecular complexity index is 745. The zero-order chi connectivity index (χ0) is 14.3. The maximum absolute atomic E-state index is 12.3. The summed E-state index contributed by atoms with van der Waals surface area (Å²) in [7, 11) is 1.55. The third-order valence-electron chi connectivity index (χ3n) is 3.75. The summed E-state index contributed by atoms with van der Waals surface area (Å²) >= 11 is 0. The van der Waals surface area contributed by atoms with Gasteiger partial charge < -0.3 is 10.0 Å². The van der Waals surface area contributed by atoms with Crippen LogP contribution in [0.4, 0.5) is 5.69 Å². The van der Waals surface area contributed by atoms with Crippen LogP contribution in [0.15, 0.2) is 23.1 Å². The SMILES string of the molecule is Cn1c(=O)c(C(=O)O)c(N2CCCC2)c2cccnc21. The number of carbonyl (C=O) groups is 1. The normalized spacial score (nSPS) is 14.9. The summed E-state index contributed by atoms with van der Waals surface area (Å²) in [5.41, 5.74) is 0.367. The molecule has 0 unspecified atom stereocenters. The number of hydrogen-bond acceptors (Lipinski definition) is 4. The van der Waals surface area contributed by atoms with Crippen LogP contribution in [0.1, 0.15) is 23.2 Å². The summed E-state index contributed by atoms with van der Waals surface area (Å²) in [5, 5.41) is 10.1. The Kier molecular flexibility index (Phi) is 2.93. The Morgan fingerprint density at radius 3 is 2.70 bits per heavy atom. The Morgan fingerprint density at radius 2 is 2.05 bits per heavy atom. The van der Waals surface area contributed by atoms with Gasteiger partial charge in [-0.3, -0.25) is 9.36 Å². The van der Waals surface area contributed by atoms with Gasteiger partial charge >= 0.3 is 5.97 Å². The minimum absolute atomic E-state index is 0.157. The van der Waals surface area contributed by atoms with E-state index >= 15 is 0 Å². The molecule has 0 aromatic carbocycles. The van der Waals surface area contributed by atoms with Gasteiger partial charge in [0, 0.05) is 31.7 Å². The molecule has 0 amide bonds. The Hall–Kier alpha value is -2.37. The summed E-state index contributed by atoms with van der Waals surface area (Å²) in [6.07, 6.45) is 3.63. The molecule has 0 bridgehead atoms. The lowest BCUT2D eigenvalue weighted by atomic mass is 10.1. The van der Waals surface area contributed by atoms with Gasteiger partial charge in [0.1, 0.15) is 11.2 Å². The lowest BCUT2D eigenvalue weighted by Gasteiger charge is -2.22. The molecule has 0 spiro atoms. The third kappa shape index (κ3) is 1.76. The maximum atomic E-state index is 12.3. The summed E-state index contributed by atoms with van der Waals surface area (Å²) in [6.45, 7) is 1.55. The van der Waals surface area contributed by atoms with E-state index in [0.717, 1.165) is 25.9 Å². The predicted molar refractivity (Wildman–Crippen MR) is 75.4 cm³/mol. The molecule has 1 saturated heterocycles. The van der Waals surface area contributed by atoms with E-state index in [4.69, 9.17) is 0 Å².